The average Bonchev–Trinajstić information content (AvgIpc) is 2.25. The van der Waals surface area contributed by atoms with Crippen LogP contribution in [0.25, 0.3) is 0 Å². The molecule has 5 heteroatoms. The Morgan fingerprint density at radius 2 is 2.18 bits per heavy atom. The van der Waals surface area contributed by atoms with Crippen LogP contribution < -0.4 is 10.6 Å². The monoisotopic (exact) mass is 238 g/mol. The molecular weight excluding hydrogens is 223 g/mol. The van der Waals surface area contributed by atoms with E-state index in [1.165, 1.54) is 23.1 Å². The Morgan fingerprint density at radius 3 is 2.65 bits per heavy atom. The van der Waals surface area contributed by atoms with Gasteiger partial charge in [-0.15, -0.1) is 0 Å². The summed E-state index contributed by atoms with van der Waals surface area (Å²) in [6.07, 6.45) is 0.564. The highest BCUT2D eigenvalue weighted by molar-refractivity contribution is 5.87. The van der Waals surface area contributed by atoms with Crippen LogP contribution in [-0.4, -0.2) is 24.8 Å². The molecule has 0 spiro atoms. The van der Waals surface area contributed by atoms with Crippen LogP contribution in [0.15, 0.2) is 18.2 Å². The Kier molecular flexibility index (Phi) is 4.20. The topological polar surface area (TPSA) is 63.4 Å². The van der Waals surface area contributed by atoms with Gasteiger partial charge in [0.05, 0.1) is 12.2 Å². The average molecular weight is 238 g/mol. The van der Waals surface area contributed by atoms with Gasteiger partial charge in [-0.2, -0.15) is 0 Å². The Morgan fingerprint density at radius 1 is 1.53 bits per heavy atom. The lowest BCUT2D eigenvalue weighted by Gasteiger charge is -2.29. The maximum atomic E-state index is 13.7. The fourth-order valence-electron chi connectivity index (χ4n) is 1.62. The molecule has 92 valence electrons. The molecule has 0 aromatic heterocycles. The summed E-state index contributed by atoms with van der Waals surface area (Å²) < 4.78 is 13.7. The first-order chi connectivity index (χ1) is 7.97. The quantitative estimate of drug-likeness (QED) is 0.787. The van der Waals surface area contributed by atoms with Crippen molar-refractivity contribution in [1.29, 1.82) is 0 Å². The minimum atomic E-state index is -0.571. The Balaban J connectivity index is 3.26. The minimum Gasteiger partial charge on any atom is -0.368 e. The lowest BCUT2D eigenvalue weighted by molar-refractivity contribution is -0.116. The third-order valence-corrected chi connectivity index (χ3v) is 2.38. The molecule has 4 nitrogen and oxygen atoms in total. The second-order valence-electron chi connectivity index (χ2n) is 3.98. The van der Waals surface area contributed by atoms with Gasteiger partial charge in [-0.3, -0.25) is 9.59 Å². The second kappa shape index (κ2) is 5.43. The Hall–Kier alpha value is -1.91. The van der Waals surface area contributed by atoms with Crippen molar-refractivity contribution in [1.82, 2.24) is 0 Å². The SMILES string of the molecule is CC(C)N(CC(N)=O)c1c(F)cccc1C=O. The molecule has 2 N–H and O–H groups in total. The summed E-state index contributed by atoms with van der Waals surface area (Å²) in [4.78, 5) is 23.3. The number of hydrogen-bond donors (Lipinski definition) is 1. The van der Waals surface area contributed by atoms with Crippen molar-refractivity contribution in [2.75, 3.05) is 11.4 Å². The summed E-state index contributed by atoms with van der Waals surface area (Å²) in [6, 6.07) is 4.06. The maximum Gasteiger partial charge on any atom is 0.236 e. The number of aldehydes is 1. The lowest BCUT2D eigenvalue weighted by Crippen LogP contribution is -2.39. The van der Waals surface area contributed by atoms with Gasteiger partial charge in [-0.1, -0.05) is 6.07 Å². The Bertz CT molecular complexity index is 433. The van der Waals surface area contributed by atoms with Crippen LogP contribution in [0.2, 0.25) is 0 Å². The molecule has 0 unspecified atom stereocenters. The van der Waals surface area contributed by atoms with Gasteiger partial charge >= 0.3 is 0 Å². The number of hydrogen-bond acceptors (Lipinski definition) is 3. The fourth-order valence-corrected chi connectivity index (χ4v) is 1.62. The van der Waals surface area contributed by atoms with Crippen LogP contribution in [0.1, 0.15) is 24.2 Å². The molecule has 0 aliphatic heterocycles. The van der Waals surface area contributed by atoms with Gasteiger partial charge in [-0.25, -0.2) is 4.39 Å². The highest BCUT2D eigenvalue weighted by Gasteiger charge is 2.19. The molecule has 0 aliphatic rings. The number of amides is 1. The zero-order valence-electron chi connectivity index (χ0n) is 9.81. The van der Waals surface area contributed by atoms with E-state index in [4.69, 9.17) is 5.73 Å². The lowest BCUT2D eigenvalue weighted by atomic mass is 10.1. The van der Waals surface area contributed by atoms with Crippen LogP contribution in [0.3, 0.4) is 0 Å². The van der Waals surface area contributed by atoms with Gasteiger partial charge in [0.1, 0.15) is 5.82 Å². The number of anilines is 1. The first-order valence-electron chi connectivity index (χ1n) is 5.26. The van der Waals surface area contributed by atoms with E-state index in [0.717, 1.165) is 0 Å². The van der Waals surface area contributed by atoms with Crippen LogP contribution in [0.5, 0.6) is 0 Å². The molecule has 0 fully saturated rings. The van der Waals surface area contributed by atoms with Gasteiger partial charge in [-0.05, 0) is 26.0 Å². The van der Waals surface area contributed by atoms with Crippen molar-refractivity contribution >= 4 is 17.9 Å². The first kappa shape index (κ1) is 13.2. The smallest absolute Gasteiger partial charge is 0.236 e. The number of carbonyl (C=O) groups excluding carboxylic acids is 2. The molecular formula is C12H15FN2O2. The van der Waals surface area contributed by atoms with Gasteiger partial charge in [0.15, 0.2) is 6.29 Å². The molecule has 0 saturated carbocycles. The van der Waals surface area contributed by atoms with E-state index < -0.39 is 11.7 Å². The molecule has 0 radical (unpaired) electrons. The first-order valence-corrected chi connectivity index (χ1v) is 5.26. The molecule has 17 heavy (non-hydrogen) atoms. The summed E-state index contributed by atoms with van der Waals surface area (Å²) in [7, 11) is 0. The third kappa shape index (κ3) is 3.03. The number of halogens is 1. The van der Waals surface area contributed by atoms with Gasteiger partial charge < -0.3 is 10.6 Å². The van der Waals surface area contributed by atoms with E-state index in [-0.39, 0.29) is 23.8 Å². The fraction of sp³-hybridized carbons (Fsp3) is 0.333. The standard InChI is InChI=1S/C12H15FN2O2/c1-8(2)15(6-11(14)17)12-9(7-16)4-3-5-10(12)13/h3-5,7-8H,6H2,1-2H3,(H2,14,17). The van der Waals surface area contributed by atoms with E-state index in [1.807, 2.05) is 0 Å². The molecule has 0 bridgehead atoms. The van der Waals surface area contributed by atoms with E-state index in [9.17, 15) is 14.0 Å². The Labute approximate surface area is 99.2 Å². The number of nitrogens with zero attached hydrogens (tertiary/aromatic N) is 1. The van der Waals surface area contributed by atoms with Crippen molar-refractivity contribution in [2.45, 2.75) is 19.9 Å². The van der Waals surface area contributed by atoms with Crippen LogP contribution in [-0.2, 0) is 4.79 Å². The number of para-hydroxylation sites is 1. The van der Waals surface area contributed by atoms with E-state index in [1.54, 1.807) is 13.8 Å². The van der Waals surface area contributed by atoms with Crippen molar-refractivity contribution in [3.8, 4) is 0 Å². The second-order valence-corrected chi connectivity index (χ2v) is 3.98. The maximum absolute atomic E-state index is 13.7. The van der Waals surface area contributed by atoms with Crippen molar-refractivity contribution in [3.05, 3.63) is 29.6 Å². The van der Waals surface area contributed by atoms with Crippen molar-refractivity contribution in [2.24, 2.45) is 5.73 Å². The number of nitrogens with two attached hydrogens (primary N) is 1. The minimum absolute atomic E-state index is 0.122. The summed E-state index contributed by atoms with van der Waals surface area (Å²) in [5, 5.41) is 0. The number of benzene rings is 1. The molecule has 1 rings (SSSR count). The zero-order chi connectivity index (χ0) is 13.0. The number of carbonyl (C=O) groups is 2. The van der Waals surface area contributed by atoms with Gasteiger partial charge in [0.25, 0.3) is 0 Å². The van der Waals surface area contributed by atoms with Crippen LogP contribution >= 0.6 is 0 Å². The number of rotatable bonds is 5. The zero-order valence-corrected chi connectivity index (χ0v) is 9.81. The molecule has 0 aliphatic carbocycles. The molecule has 0 heterocycles. The highest BCUT2D eigenvalue weighted by Crippen LogP contribution is 2.24. The highest BCUT2D eigenvalue weighted by atomic mass is 19.1. The van der Waals surface area contributed by atoms with E-state index >= 15 is 0 Å². The van der Waals surface area contributed by atoms with Crippen LogP contribution in [0.4, 0.5) is 10.1 Å². The van der Waals surface area contributed by atoms with E-state index in [0.29, 0.717) is 6.29 Å². The molecule has 0 atom stereocenters. The summed E-state index contributed by atoms with van der Waals surface area (Å²) >= 11 is 0. The molecule has 1 aromatic rings. The van der Waals surface area contributed by atoms with Crippen molar-refractivity contribution in [3.63, 3.8) is 0 Å². The predicted molar refractivity (Wildman–Crippen MR) is 63.5 cm³/mol. The van der Waals surface area contributed by atoms with Crippen molar-refractivity contribution < 1.29 is 14.0 Å². The summed E-state index contributed by atoms with van der Waals surface area (Å²) in [5.74, 6) is -1.11. The summed E-state index contributed by atoms with van der Waals surface area (Å²) in [5.41, 5.74) is 5.45. The van der Waals surface area contributed by atoms with E-state index in [2.05, 4.69) is 0 Å². The molecule has 1 amide bonds. The summed E-state index contributed by atoms with van der Waals surface area (Å²) in [6.45, 7) is 3.47. The normalized spacial score (nSPS) is 10.4. The number of primary amides is 1. The van der Waals surface area contributed by atoms with Crippen LogP contribution in [0, 0.1) is 5.82 Å². The predicted octanol–water partition coefficient (Wildman–Crippen LogP) is 1.34. The third-order valence-electron chi connectivity index (χ3n) is 2.38. The van der Waals surface area contributed by atoms with Gasteiger partial charge in [0.2, 0.25) is 5.91 Å². The molecule has 1 aromatic carbocycles. The van der Waals surface area contributed by atoms with Gasteiger partial charge in [0, 0.05) is 11.6 Å². The largest absolute Gasteiger partial charge is 0.368 e. The molecule has 0 saturated heterocycles.